The Bertz CT molecular complexity index is 703. The molecule has 2 aromatic heterocycles. The van der Waals surface area contributed by atoms with Gasteiger partial charge in [-0.1, -0.05) is 0 Å². The normalized spacial score (nSPS) is 19.1. The molecule has 122 valence electrons. The molecule has 1 aliphatic heterocycles. The molecular formula is C17H23N5O. The lowest BCUT2D eigenvalue weighted by atomic mass is 10.1. The van der Waals surface area contributed by atoms with Gasteiger partial charge in [0.05, 0.1) is 6.20 Å². The summed E-state index contributed by atoms with van der Waals surface area (Å²) in [5.41, 5.74) is 0.656. The number of furan rings is 1. The van der Waals surface area contributed by atoms with Crippen molar-refractivity contribution >= 4 is 16.8 Å². The van der Waals surface area contributed by atoms with Gasteiger partial charge in [0.25, 0.3) is 0 Å². The van der Waals surface area contributed by atoms with Crippen LogP contribution in [0.4, 0.5) is 5.82 Å². The molecule has 1 unspecified atom stereocenters. The topological polar surface area (TPSA) is 68.3 Å². The molecule has 6 heteroatoms. The predicted octanol–water partition coefficient (Wildman–Crippen LogP) is 2.14. The molecule has 0 radical (unpaired) electrons. The Morgan fingerprint density at radius 3 is 3.13 bits per heavy atom. The maximum absolute atomic E-state index is 8.90. The second-order valence-corrected chi connectivity index (χ2v) is 6.42. The third-order valence-corrected chi connectivity index (χ3v) is 4.24. The molecule has 0 saturated carbocycles. The summed E-state index contributed by atoms with van der Waals surface area (Å²) in [4.78, 5) is 9.13. The van der Waals surface area contributed by atoms with E-state index in [0.29, 0.717) is 17.4 Å². The second-order valence-electron chi connectivity index (χ2n) is 6.42. The second kappa shape index (κ2) is 6.99. The maximum atomic E-state index is 8.90. The highest BCUT2D eigenvalue weighted by atomic mass is 16.3. The van der Waals surface area contributed by atoms with Crippen molar-refractivity contribution < 1.29 is 4.42 Å². The minimum Gasteiger partial charge on any atom is -0.444 e. The number of aromatic nitrogens is 1. The van der Waals surface area contributed by atoms with Crippen LogP contribution in [0.5, 0.6) is 0 Å². The van der Waals surface area contributed by atoms with Gasteiger partial charge in [-0.25, -0.2) is 4.98 Å². The van der Waals surface area contributed by atoms with Gasteiger partial charge in [-0.2, -0.15) is 5.26 Å². The number of piperidine rings is 1. The smallest absolute Gasteiger partial charge is 0.204 e. The number of hydrogen-bond acceptors (Lipinski definition) is 6. The van der Waals surface area contributed by atoms with Gasteiger partial charge in [0.15, 0.2) is 5.58 Å². The van der Waals surface area contributed by atoms with E-state index in [0.717, 1.165) is 37.3 Å². The third-order valence-electron chi connectivity index (χ3n) is 4.24. The summed E-state index contributed by atoms with van der Waals surface area (Å²) in [5.74, 6) is 1.17. The van der Waals surface area contributed by atoms with Gasteiger partial charge in [-0.15, -0.1) is 0 Å². The van der Waals surface area contributed by atoms with Gasteiger partial charge in [0, 0.05) is 37.1 Å². The Hall–Kier alpha value is -2.10. The van der Waals surface area contributed by atoms with Gasteiger partial charge in [0.2, 0.25) is 5.76 Å². The quantitative estimate of drug-likeness (QED) is 0.912. The Labute approximate surface area is 136 Å². The number of nitriles is 1. The zero-order chi connectivity index (χ0) is 16.2. The van der Waals surface area contributed by atoms with Gasteiger partial charge in [0.1, 0.15) is 11.9 Å². The molecule has 1 saturated heterocycles. The molecule has 23 heavy (non-hydrogen) atoms. The maximum Gasteiger partial charge on any atom is 0.204 e. The lowest BCUT2D eigenvalue weighted by molar-refractivity contribution is 0.197. The van der Waals surface area contributed by atoms with Crippen molar-refractivity contribution in [3.05, 3.63) is 24.1 Å². The van der Waals surface area contributed by atoms with Crippen LogP contribution >= 0.6 is 0 Å². The van der Waals surface area contributed by atoms with Crippen LogP contribution in [0.3, 0.4) is 0 Å². The molecule has 0 bridgehead atoms. The van der Waals surface area contributed by atoms with Crippen molar-refractivity contribution in [2.24, 2.45) is 0 Å². The summed E-state index contributed by atoms with van der Waals surface area (Å²) in [6.45, 7) is 4.40. The summed E-state index contributed by atoms with van der Waals surface area (Å²) in [6.07, 6.45) is 4.05. The molecule has 0 aliphatic carbocycles. The van der Waals surface area contributed by atoms with Crippen LogP contribution in [0.1, 0.15) is 18.6 Å². The largest absolute Gasteiger partial charge is 0.444 e. The SMILES string of the molecule is CN(C)CCN1CCCC(Nc2cc3cc(C#N)oc3cn2)C1. The van der Waals surface area contributed by atoms with Gasteiger partial charge < -0.3 is 19.5 Å². The average molecular weight is 313 g/mol. The number of anilines is 1. The highest BCUT2D eigenvalue weighted by Gasteiger charge is 2.20. The third kappa shape index (κ3) is 4.01. The van der Waals surface area contributed by atoms with Crippen molar-refractivity contribution in [3.63, 3.8) is 0 Å². The Kier molecular flexibility index (Phi) is 4.79. The average Bonchev–Trinajstić information content (AvgIpc) is 2.96. The monoisotopic (exact) mass is 313 g/mol. The van der Waals surface area contributed by atoms with Crippen molar-refractivity contribution in [1.82, 2.24) is 14.8 Å². The van der Waals surface area contributed by atoms with Gasteiger partial charge in [-0.05, 0) is 39.5 Å². The van der Waals surface area contributed by atoms with E-state index in [1.807, 2.05) is 12.1 Å². The number of pyridine rings is 1. The molecule has 0 amide bonds. The van der Waals surface area contributed by atoms with Crippen LogP contribution in [0.25, 0.3) is 11.0 Å². The summed E-state index contributed by atoms with van der Waals surface area (Å²) in [6, 6.07) is 6.15. The molecule has 6 nitrogen and oxygen atoms in total. The first-order valence-electron chi connectivity index (χ1n) is 8.07. The highest BCUT2D eigenvalue weighted by Crippen LogP contribution is 2.22. The molecule has 1 atom stereocenters. The number of hydrogen-bond donors (Lipinski definition) is 1. The zero-order valence-electron chi connectivity index (χ0n) is 13.7. The van der Waals surface area contributed by atoms with Crippen LogP contribution < -0.4 is 5.32 Å². The number of likely N-dealkylation sites (tertiary alicyclic amines) is 1. The zero-order valence-corrected chi connectivity index (χ0v) is 13.7. The minimum absolute atomic E-state index is 0.325. The highest BCUT2D eigenvalue weighted by molar-refractivity contribution is 5.80. The standard InChI is InChI=1S/C17H23N5O/c1-21(2)6-7-22-5-3-4-14(12-22)20-17-9-13-8-15(10-18)23-16(13)11-19-17/h8-9,11,14H,3-7,12H2,1-2H3,(H,19,20). The molecule has 0 spiro atoms. The fourth-order valence-electron chi connectivity index (χ4n) is 3.01. The number of nitrogens with one attached hydrogen (secondary N) is 1. The minimum atomic E-state index is 0.325. The molecule has 2 aromatic rings. The van der Waals surface area contributed by atoms with Crippen molar-refractivity contribution in [1.29, 1.82) is 5.26 Å². The Balaban J connectivity index is 1.63. The van der Waals surface area contributed by atoms with Crippen LogP contribution in [0.15, 0.2) is 22.7 Å². The fraction of sp³-hybridized carbons (Fsp3) is 0.529. The van der Waals surface area contributed by atoms with E-state index in [4.69, 9.17) is 9.68 Å². The number of fused-ring (bicyclic) bond motifs is 1. The van der Waals surface area contributed by atoms with Crippen molar-refractivity contribution in [3.8, 4) is 6.07 Å². The predicted molar refractivity (Wildman–Crippen MR) is 90.4 cm³/mol. The number of rotatable bonds is 5. The Morgan fingerprint density at radius 2 is 2.35 bits per heavy atom. The molecule has 1 aliphatic rings. The summed E-state index contributed by atoms with van der Waals surface area (Å²) in [5, 5.41) is 13.3. The summed E-state index contributed by atoms with van der Waals surface area (Å²) in [7, 11) is 4.22. The van der Waals surface area contributed by atoms with Crippen molar-refractivity contribution in [2.45, 2.75) is 18.9 Å². The lowest BCUT2D eigenvalue weighted by Crippen LogP contribution is -2.44. The lowest BCUT2D eigenvalue weighted by Gasteiger charge is -2.34. The molecule has 1 N–H and O–H groups in total. The first-order valence-corrected chi connectivity index (χ1v) is 8.07. The first-order chi connectivity index (χ1) is 11.1. The van der Waals surface area contributed by atoms with E-state index >= 15 is 0 Å². The van der Waals surface area contributed by atoms with E-state index < -0.39 is 0 Å². The molecule has 1 fully saturated rings. The van der Waals surface area contributed by atoms with E-state index in [2.05, 4.69) is 34.2 Å². The summed E-state index contributed by atoms with van der Waals surface area (Å²) < 4.78 is 5.37. The summed E-state index contributed by atoms with van der Waals surface area (Å²) >= 11 is 0. The number of nitrogens with zero attached hydrogens (tertiary/aromatic N) is 4. The van der Waals surface area contributed by atoms with Crippen LogP contribution in [-0.4, -0.2) is 61.1 Å². The van der Waals surface area contributed by atoms with Crippen molar-refractivity contribution in [2.75, 3.05) is 45.6 Å². The Morgan fingerprint density at radius 1 is 1.48 bits per heavy atom. The molecule has 3 rings (SSSR count). The number of likely N-dealkylation sites (N-methyl/N-ethyl adjacent to an activating group) is 1. The van der Waals surface area contributed by atoms with Gasteiger partial charge in [-0.3, -0.25) is 0 Å². The van der Waals surface area contributed by atoms with Crippen LogP contribution in [0, 0.1) is 11.3 Å². The molecule has 3 heterocycles. The fourth-order valence-corrected chi connectivity index (χ4v) is 3.01. The van der Waals surface area contributed by atoms with Crippen LogP contribution in [-0.2, 0) is 0 Å². The van der Waals surface area contributed by atoms with E-state index in [-0.39, 0.29) is 0 Å². The molecule has 0 aromatic carbocycles. The van der Waals surface area contributed by atoms with E-state index in [1.165, 1.54) is 13.0 Å². The molecular weight excluding hydrogens is 290 g/mol. The van der Waals surface area contributed by atoms with Crippen LogP contribution in [0.2, 0.25) is 0 Å². The van der Waals surface area contributed by atoms with Gasteiger partial charge >= 0.3 is 0 Å². The van der Waals surface area contributed by atoms with E-state index in [9.17, 15) is 0 Å². The van der Waals surface area contributed by atoms with E-state index in [1.54, 1.807) is 12.3 Å². The first kappa shape index (κ1) is 15.8.